The SMILES string of the molecule is Cc1ccnc(N2CCCC2CO)c1N. The molecule has 1 aliphatic heterocycles. The van der Waals surface area contributed by atoms with Crippen molar-refractivity contribution < 1.29 is 5.11 Å². The molecule has 1 aliphatic rings. The van der Waals surface area contributed by atoms with Gasteiger partial charge >= 0.3 is 0 Å². The molecular weight excluding hydrogens is 190 g/mol. The molecule has 0 amide bonds. The van der Waals surface area contributed by atoms with E-state index in [-0.39, 0.29) is 12.6 Å². The van der Waals surface area contributed by atoms with Crippen LogP contribution in [-0.2, 0) is 0 Å². The van der Waals surface area contributed by atoms with Gasteiger partial charge in [0.05, 0.1) is 18.3 Å². The maximum Gasteiger partial charge on any atom is 0.152 e. The Bertz CT molecular complexity index is 354. The van der Waals surface area contributed by atoms with Gasteiger partial charge in [0.25, 0.3) is 0 Å². The molecule has 0 spiro atoms. The van der Waals surface area contributed by atoms with Crippen LogP contribution in [0.4, 0.5) is 11.5 Å². The van der Waals surface area contributed by atoms with Crippen molar-refractivity contribution in [2.45, 2.75) is 25.8 Å². The van der Waals surface area contributed by atoms with E-state index in [0.717, 1.165) is 36.5 Å². The summed E-state index contributed by atoms with van der Waals surface area (Å²) in [5, 5.41) is 9.25. The number of aliphatic hydroxyl groups is 1. The molecule has 0 aliphatic carbocycles. The second-order valence-corrected chi connectivity index (χ2v) is 4.04. The van der Waals surface area contributed by atoms with Gasteiger partial charge in [0, 0.05) is 12.7 Å². The van der Waals surface area contributed by atoms with Crippen LogP contribution >= 0.6 is 0 Å². The van der Waals surface area contributed by atoms with Crippen molar-refractivity contribution in [1.29, 1.82) is 0 Å². The molecule has 2 rings (SSSR count). The number of pyridine rings is 1. The number of nitrogen functional groups attached to an aromatic ring is 1. The molecule has 1 saturated heterocycles. The largest absolute Gasteiger partial charge is 0.396 e. The summed E-state index contributed by atoms with van der Waals surface area (Å²) < 4.78 is 0. The van der Waals surface area contributed by atoms with E-state index in [4.69, 9.17) is 5.73 Å². The molecule has 82 valence electrons. The second-order valence-electron chi connectivity index (χ2n) is 4.04. The number of aryl methyl sites for hydroxylation is 1. The lowest BCUT2D eigenvalue weighted by Gasteiger charge is -2.25. The third kappa shape index (κ3) is 1.77. The van der Waals surface area contributed by atoms with E-state index < -0.39 is 0 Å². The van der Waals surface area contributed by atoms with Crippen LogP contribution in [-0.4, -0.2) is 29.3 Å². The van der Waals surface area contributed by atoms with Gasteiger partial charge in [-0.25, -0.2) is 4.98 Å². The zero-order chi connectivity index (χ0) is 10.8. The smallest absolute Gasteiger partial charge is 0.152 e. The van der Waals surface area contributed by atoms with Crippen LogP contribution in [0.5, 0.6) is 0 Å². The monoisotopic (exact) mass is 207 g/mol. The highest BCUT2D eigenvalue weighted by Gasteiger charge is 2.26. The normalized spacial score (nSPS) is 20.9. The highest BCUT2D eigenvalue weighted by Crippen LogP contribution is 2.29. The Morgan fingerprint density at radius 1 is 1.67 bits per heavy atom. The summed E-state index contributed by atoms with van der Waals surface area (Å²) in [5.74, 6) is 0.826. The van der Waals surface area contributed by atoms with Crippen molar-refractivity contribution in [2.75, 3.05) is 23.8 Å². The first-order valence-corrected chi connectivity index (χ1v) is 5.32. The third-order valence-electron chi connectivity index (χ3n) is 3.05. The van der Waals surface area contributed by atoms with Crippen LogP contribution < -0.4 is 10.6 Å². The van der Waals surface area contributed by atoms with Gasteiger partial charge in [-0.05, 0) is 31.4 Å². The van der Waals surface area contributed by atoms with Gasteiger partial charge in [-0.3, -0.25) is 0 Å². The highest BCUT2D eigenvalue weighted by molar-refractivity contribution is 5.67. The molecule has 0 saturated carbocycles. The standard InChI is InChI=1S/C11H17N3O/c1-8-4-5-13-11(10(8)12)14-6-2-3-9(14)7-15/h4-5,9,15H,2-3,6-7,12H2,1H3. The molecule has 3 N–H and O–H groups in total. The molecule has 15 heavy (non-hydrogen) atoms. The number of hydrogen-bond acceptors (Lipinski definition) is 4. The van der Waals surface area contributed by atoms with Crippen LogP contribution in [0.15, 0.2) is 12.3 Å². The minimum atomic E-state index is 0.176. The number of anilines is 2. The van der Waals surface area contributed by atoms with Crippen LogP contribution in [0.3, 0.4) is 0 Å². The third-order valence-corrected chi connectivity index (χ3v) is 3.05. The number of nitrogens with two attached hydrogens (primary N) is 1. The van der Waals surface area contributed by atoms with Gasteiger partial charge in [0.2, 0.25) is 0 Å². The molecule has 1 atom stereocenters. The maximum absolute atomic E-state index is 9.25. The maximum atomic E-state index is 9.25. The van der Waals surface area contributed by atoms with E-state index in [9.17, 15) is 5.11 Å². The van der Waals surface area contributed by atoms with E-state index in [1.54, 1.807) is 6.20 Å². The molecule has 0 radical (unpaired) electrons. The fraction of sp³-hybridized carbons (Fsp3) is 0.545. The lowest BCUT2D eigenvalue weighted by atomic mass is 10.2. The molecule has 0 aromatic carbocycles. The van der Waals surface area contributed by atoms with Gasteiger partial charge in [0.15, 0.2) is 5.82 Å². The molecule has 0 bridgehead atoms. The molecule has 4 heteroatoms. The van der Waals surface area contributed by atoms with Crippen molar-refractivity contribution in [3.63, 3.8) is 0 Å². The number of aliphatic hydroxyl groups excluding tert-OH is 1. The predicted molar refractivity (Wildman–Crippen MR) is 60.8 cm³/mol. The first-order chi connectivity index (χ1) is 7.24. The minimum Gasteiger partial charge on any atom is -0.396 e. The van der Waals surface area contributed by atoms with E-state index in [1.807, 2.05) is 13.0 Å². The summed E-state index contributed by atoms with van der Waals surface area (Å²) >= 11 is 0. The number of rotatable bonds is 2. The summed E-state index contributed by atoms with van der Waals surface area (Å²) in [6.45, 7) is 3.09. The molecule has 1 unspecified atom stereocenters. The van der Waals surface area contributed by atoms with Crippen molar-refractivity contribution in [3.05, 3.63) is 17.8 Å². The predicted octanol–water partition coefficient (Wildman–Crippen LogP) is 0.933. The summed E-state index contributed by atoms with van der Waals surface area (Å²) in [6.07, 6.45) is 3.89. The summed E-state index contributed by atoms with van der Waals surface area (Å²) in [6, 6.07) is 2.09. The van der Waals surface area contributed by atoms with Crippen molar-refractivity contribution >= 4 is 11.5 Å². The first kappa shape index (κ1) is 10.2. The Labute approximate surface area is 89.7 Å². The fourth-order valence-corrected chi connectivity index (χ4v) is 2.09. The summed E-state index contributed by atoms with van der Waals surface area (Å²) in [7, 11) is 0. The van der Waals surface area contributed by atoms with Gasteiger partial charge < -0.3 is 15.7 Å². The van der Waals surface area contributed by atoms with Crippen LogP contribution in [0.2, 0.25) is 0 Å². The topological polar surface area (TPSA) is 62.4 Å². The summed E-state index contributed by atoms with van der Waals surface area (Å²) in [4.78, 5) is 6.42. The van der Waals surface area contributed by atoms with E-state index in [2.05, 4.69) is 9.88 Å². The number of hydrogen-bond donors (Lipinski definition) is 2. The Balaban J connectivity index is 2.32. The van der Waals surface area contributed by atoms with Crippen molar-refractivity contribution in [3.8, 4) is 0 Å². The van der Waals surface area contributed by atoms with Crippen LogP contribution in [0.1, 0.15) is 18.4 Å². The van der Waals surface area contributed by atoms with Gasteiger partial charge in [-0.1, -0.05) is 0 Å². The molecule has 4 nitrogen and oxygen atoms in total. The fourth-order valence-electron chi connectivity index (χ4n) is 2.09. The quantitative estimate of drug-likeness (QED) is 0.757. The van der Waals surface area contributed by atoms with Gasteiger partial charge in [-0.15, -0.1) is 0 Å². The minimum absolute atomic E-state index is 0.176. The van der Waals surface area contributed by atoms with E-state index in [1.165, 1.54) is 0 Å². The lowest BCUT2D eigenvalue weighted by Crippen LogP contribution is -2.33. The zero-order valence-electron chi connectivity index (χ0n) is 8.98. The van der Waals surface area contributed by atoms with Gasteiger partial charge in [-0.2, -0.15) is 0 Å². The van der Waals surface area contributed by atoms with Crippen molar-refractivity contribution in [1.82, 2.24) is 4.98 Å². The second kappa shape index (κ2) is 4.06. The summed E-state index contributed by atoms with van der Waals surface area (Å²) in [5.41, 5.74) is 7.77. The number of aromatic nitrogens is 1. The molecule has 1 aromatic rings. The van der Waals surface area contributed by atoms with E-state index >= 15 is 0 Å². The Hall–Kier alpha value is -1.29. The van der Waals surface area contributed by atoms with Crippen LogP contribution in [0.25, 0.3) is 0 Å². The van der Waals surface area contributed by atoms with Gasteiger partial charge in [0.1, 0.15) is 0 Å². The lowest BCUT2D eigenvalue weighted by molar-refractivity contribution is 0.266. The van der Waals surface area contributed by atoms with Crippen LogP contribution in [0, 0.1) is 6.92 Å². The zero-order valence-corrected chi connectivity index (χ0v) is 8.98. The molecule has 1 fully saturated rings. The average Bonchev–Trinajstić information content (AvgIpc) is 2.70. The molecular formula is C11H17N3O. The first-order valence-electron chi connectivity index (χ1n) is 5.32. The Morgan fingerprint density at radius 2 is 2.47 bits per heavy atom. The molecule has 1 aromatic heterocycles. The van der Waals surface area contributed by atoms with E-state index in [0.29, 0.717) is 0 Å². The molecule has 2 heterocycles. The Kier molecular flexibility index (Phi) is 2.77. The number of nitrogens with zero attached hydrogens (tertiary/aromatic N) is 2. The highest BCUT2D eigenvalue weighted by atomic mass is 16.3. The Morgan fingerprint density at radius 3 is 3.20 bits per heavy atom. The average molecular weight is 207 g/mol. The van der Waals surface area contributed by atoms with Crippen molar-refractivity contribution in [2.24, 2.45) is 0 Å².